The van der Waals surface area contributed by atoms with Crippen LogP contribution in [0.15, 0.2) is 18.3 Å². The van der Waals surface area contributed by atoms with Crippen molar-refractivity contribution >= 4 is 27.3 Å². The fourth-order valence-corrected chi connectivity index (χ4v) is 2.35. The number of sulfonamides is 1. The molecule has 1 N–H and O–H groups in total. The van der Waals surface area contributed by atoms with Gasteiger partial charge in [-0.1, -0.05) is 11.6 Å². The number of anilines is 1. The Morgan fingerprint density at radius 2 is 2.31 bits per heavy atom. The van der Waals surface area contributed by atoms with Gasteiger partial charge in [-0.05, 0) is 18.6 Å². The molecule has 0 aromatic carbocycles. The average Bonchev–Trinajstić information content (AvgIpc) is 2.17. The monoisotopic (exact) mass is 264 g/mol. The fraction of sp³-hybridized carbons (Fsp3) is 0.444. The molecule has 0 aliphatic carbocycles. The van der Waals surface area contributed by atoms with Gasteiger partial charge < -0.3 is 4.74 Å². The van der Waals surface area contributed by atoms with Gasteiger partial charge in [-0.2, -0.15) is 0 Å². The number of aromatic nitrogens is 1. The summed E-state index contributed by atoms with van der Waals surface area (Å²) in [6.07, 6.45) is 1.89. The van der Waals surface area contributed by atoms with Crippen LogP contribution in [0.1, 0.15) is 6.42 Å². The molecule has 1 aromatic heterocycles. The number of nitrogens with one attached hydrogen (secondary N) is 1. The van der Waals surface area contributed by atoms with E-state index >= 15 is 0 Å². The molecule has 16 heavy (non-hydrogen) atoms. The Morgan fingerprint density at radius 1 is 1.56 bits per heavy atom. The van der Waals surface area contributed by atoms with Crippen LogP contribution in [0.5, 0.6) is 0 Å². The van der Waals surface area contributed by atoms with Gasteiger partial charge in [0.15, 0.2) is 0 Å². The first-order chi connectivity index (χ1) is 7.53. The zero-order chi connectivity index (χ0) is 12.0. The van der Waals surface area contributed by atoms with Gasteiger partial charge in [0.25, 0.3) is 0 Å². The van der Waals surface area contributed by atoms with Crippen molar-refractivity contribution in [1.82, 2.24) is 4.98 Å². The van der Waals surface area contributed by atoms with Crippen LogP contribution < -0.4 is 4.72 Å². The van der Waals surface area contributed by atoms with E-state index in [1.165, 1.54) is 19.4 Å². The summed E-state index contributed by atoms with van der Waals surface area (Å²) in [5, 5.41) is 0.247. The molecular formula is C9H13ClN2O3S. The largest absolute Gasteiger partial charge is 0.385 e. The smallest absolute Gasteiger partial charge is 0.232 e. The molecule has 0 aliphatic rings. The van der Waals surface area contributed by atoms with Crippen LogP contribution in [0.4, 0.5) is 5.69 Å². The van der Waals surface area contributed by atoms with Crippen LogP contribution in [-0.2, 0) is 14.8 Å². The van der Waals surface area contributed by atoms with Gasteiger partial charge in [0, 0.05) is 19.9 Å². The van der Waals surface area contributed by atoms with E-state index in [0.29, 0.717) is 18.7 Å². The Hall–Kier alpha value is -0.850. The molecule has 0 amide bonds. The van der Waals surface area contributed by atoms with Gasteiger partial charge in [0.2, 0.25) is 10.0 Å². The lowest BCUT2D eigenvalue weighted by molar-refractivity contribution is 0.199. The highest BCUT2D eigenvalue weighted by Crippen LogP contribution is 2.13. The van der Waals surface area contributed by atoms with Crippen molar-refractivity contribution in [2.24, 2.45) is 0 Å². The number of nitrogens with zero attached hydrogens (tertiary/aromatic N) is 1. The van der Waals surface area contributed by atoms with Crippen molar-refractivity contribution < 1.29 is 13.2 Å². The van der Waals surface area contributed by atoms with E-state index in [4.69, 9.17) is 16.3 Å². The maximum Gasteiger partial charge on any atom is 0.232 e. The van der Waals surface area contributed by atoms with Crippen molar-refractivity contribution in [2.45, 2.75) is 6.42 Å². The number of methoxy groups -OCH3 is 1. The van der Waals surface area contributed by atoms with Crippen LogP contribution in [0.3, 0.4) is 0 Å². The Kier molecular flexibility index (Phi) is 4.98. The second-order valence-corrected chi connectivity index (χ2v) is 5.36. The lowest BCUT2D eigenvalue weighted by Crippen LogP contribution is -2.17. The van der Waals surface area contributed by atoms with Gasteiger partial charge in [-0.25, -0.2) is 13.4 Å². The van der Waals surface area contributed by atoms with Gasteiger partial charge in [0.1, 0.15) is 5.15 Å². The van der Waals surface area contributed by atoms with E-state index in [-0.39, 0.29) is 10.9 Å². The standard InChI is InChI=1S/C9H13ClN2O3S/c1-15-5-2-6-16(13,14)12-8-3-4-11-9(10)7-8/h3-4,7H,2,5-6H2,1H3,(H,11,12). The first-order valence-electron chi connectivity index (χ1n) is 4.64. The minimum atomic E-state index is -3.34. The van der Waals surface area contributed by atoms with Crippen LogP contribution in [0, 0.1) is 0 Å². The predicted molar refractivity (Wildman–Crippen MR) is 63.1 cm³/mol. The van der Waals surface area contributed by atoms with Crippen LogP contribution in [0.25, 0.3) is 0 Å². The Morgan fingerprint density at radius 3 is 2.94 bits per heavy atom. The summed E-state index contributed by atoms with van der Waals surface area (Å²) in [4.78, 5) is 3.76. The summed E-state index contributed by atoms with van der Waals surface area (Å²) in [6, 6.07) is 3.00. The average molecular weight is 265 g/mol. The summed E-state index contributed by atoms with van der Waals surface area (Å²) in [6.45, 7) is 0.415. The second kappa shape index (κ2) is 6.03. The van der Waals surface area contributed by atoms with Crippen molar-refractivity contribution in [3.8, 4) is 0 Å². The van der Waals surface area contributed by atoms with E-state index in [0.717, 1.165) is 0 Å². The molecule has 0 saturated carbocycles. The van der Waals surface area contributed by atoms with E-state index in [1.807, 2.05) is 0 Å². The zero-order valence-electron chi connectivity index (χ0n) is 8.81. The summed E-state index contributed by atoms with van der Waals surface area (Å²) < 4.78 is 30.3. The van der Waals surface area contributed by atoms with Crippen LogP contribution in [0.2, 0.25) is 5.15 Å². The zero-order valence-corrected chi connectivity index (χ0v) is 10.4. The van der Waals surface area contributed by atoms with E-state index < -0.39 is 10.0 Å². The Labute approximate surface area is 99.8 Å². The lowest BCUT2D eigenvalue weighted by Gasteiger charge is -2.07. The number of ether oxygens (including phenoxy) is 1. The van der Waals surface area contributed by atoms with Crippen molar-refractivity contribution in [1.29, 1.82) is 0 Å². The number of rotatable bonds is 6. The first kappa shape index (κ1) is 13.2. The highest BCUT2D eigenvalue weighted by molar-refractivity contribution is 7.92. The van der Waals surface area contributed by atoms with E-state index in [1.54, 1.807) is 6.07 Å². The van der Waals surface area contributed by atoms with E-state index in [9.17, 15) is 8.42 Å². The quantitative estimate of drug-likeness (QED) is 0.625. The summed E-state index contributed by atoms with van der Waals surface area (Å²) in [7, 11) is -1.81. The Bertz CT molecular complexity index is 436. The third-order valence-corrected chi connectivity index (χ3v) is 3.34. The van der Waals surface area contributed by atoms with Gasteiger partial charge in [-0.15, -0.1) is 0 Å². The SMILES string of the molecule is COCCCS(=O)(=O)Nc1ccnc(Cl)c1. The molecule has 1 rings (SSSR count). The normalized spacial score (nSPS) is 11.4. The van der Waals surface area contributed by atoms with Crippen molar-refractivity contribution in [3.05, 3.63) is 23.5 Å². The number of halogens is 1. The molecule has 0 radical (unpaired) electrons. The summed E-state index contributed by atoms with van der Waals surface area (Å²) >= 11 is 5.63. The molecular weight excluding hydrogens is 252 g/mol. The second-order valence-electron chi connectivity index (χ2n) is 3.13. The number of hydrogen-bond donors (Lipinski definition) is 1. The molecule has 0 unspecified atom stereocenters. The molecule has 0 aliphatic heterocycles. The fourth-order valence-electron chi connectivity index (χ4n) is 1.09. The molecule has 5 nitrogen and oxygen atoms in total. The lowest BCUT2D eigenvalue weighted by atomic mass is 10.4. The molecule has 90 valence electrons. The van der Waals surface area contributed by atoms with Gasteiger partial charge in [-0.3, -0.25) is 4.72 Å². The maximum absolute atomic E-state index is 11.6. The summed E-state index contributed by atoms with van der Waals surface area (Å²) in [5.41, 5.74) is 0.414. The molecule has 0 saturated heterocycles. The number of hydrogen-bond acceptors (Lipinski definition) is 4. The number of pyridine rings is 1. The molecule has 0 fully saturated rings. The molecule has 0 spiro atoms. The van der Waals surface area contributed by atoms with E-state index in [2.05, 4.69) is 9.71 Å². The molecule has 1 aromatic rings. The summed E-state index contributed by atoms with van der Waals surface area (Å²) in [5.74, 6) is 0.0147. The third kappa shape index (κ3) is 4.78. The molecule has 1 heterocycles. The Balaban J connectivity index is 2.59. The predicted octanol–water partition coefficient (Wildman–Crippen LogP) is 1.51. The van der Waals surface area contributed by atoms with Crippen molar-refractivity contribution in [2.75, 3.05) is 24.2 Å². The molecule has 0 bridgehead atoms. The molecule has 7 heteroatoms. The maximum atomic E-state index is 11.6. The minimum Gasteiger partial charge on any atom is -0.385 e. The van der Waals surface area contributed by atoms with Crippen LogP contribution >= 0.6 is 11.6 Å². The minimum absolute atomic E-state index is 0.0147. The van der Waals surface area contributed by atoms with Gasteiger partial charge in [0.05, 0.1) is 11.4 Å². The van der Waals surface area contributed by atoms with Crippen LogP contribution in [-0.4, -0.2) is 32.9 Å². The highest BCUT2D eigenvalue weighted by Gasteiger charge is 2.10. The highest BCUT2D eigenvalue weighted by atomic mass is 35.5. The van der Waals surface area contributed by atoms with Crippen molar-refractivity contribution in [3.63, 3.8) is 0 Å². The topological polar surface area (TPSA) is 68.3 Å². The first-order valence-corrected chi connectivity index (χ1v) is 6.67. The van der Waals surface area contributed by atoms with Gasteiger partial charge >= 0.3 is 0 Å². The third-order valence-electron chi connectivity index (χ3n) is 1.76. The molecule has 0 atom stereocenters.